The van der Waals surface area contributed by atoms with Crippen LogP contribution in [0.15, 0.2) is 47.7 Å². The molecule has 2 aromatic rings. The highest BCUT2D eigenvalue weighted by Gasteiger charge is 2.16. The summed E-state index contributed by atoms with van der Waals surface area (Å²) >= 11 is 0. The quantitative estimate of drug-likeness (QED) is 0.396. The SMILES string of the molecule is I.NC(=NCc1nccn1CCc1ccccc1)NCC1CCC1. The maximum Gasteiger partial charge on any atom is 0.189 e. The predicted molar refractivity (Wildman–Crippen MR) is 108 cm³/mol. The average molecular weight is 439 g/mol. The molecule has 1 aliphatic carbocycles. The van der Waals surface area contributed by atoms with Gasteiger partial charge in [-0.15, -0.1) is 24.0 Å². The highest BCUT2D eigenvalue weighted by atomic mass is 127. The summed E-state index contributed by atoms with van der Waals surface area (Å²) in [6.45, 7) is 2.37. The molecule has 1 aromatic carbocycles. The summed E-state index contributed by atoms with van der Waals surface area (Å²) in [5.74, 6) is 2.25. The lowest BCUT2D eigenvalue weighted by Gasteiger charge is -2.25. The van der Waals surface area contributed by atoms with Gasteiger partial charge in [-0.2, -0.15) is 0 Å². The van der Waals surface area contributed by atoms with Crippen molar-refractivity contribution in [2.75, 3.05) is 6.54 Å². The lowest BCUT2D eigenvalue weighted by atomic mass is 9.85. The fourth-order valence-corrected chi connectivity index (χ4v) is 2.75. The van der Waals surface area contributed by atoms with Crippen molar-refractivity contribution in [3.63, 3.8) is 0 Å². The number of aliphatic imine (C=N–C) groups is 1. The molecule has 1 aliphatic rings. The van der Waals surface area contributed by atoms with Crippen molar-refractivity contribution >= 4 is 29.9 Å². The molecule has 0 amide bonds. The number of benzene rings is 1. The standard InChI is InChI=1S/C18H25N5.HI/c19-18(21-13-16-7-4-8-16)22-14-17-20-10-12-23(17)11-9-15-5-2-1-3-6-15;/h1-3,5-6,10,12,16H,4,7-9,11,13-14H2,(H3,19,21,22);1H. The van der Waals surface area contributed by atoms with Gasteiger partial charge in [-0.3, -0.25) is 0 Å². The van der Waals surface area contributed by atoms with E-state index in [0.717, 1.165) is 31.3 Å². The first-order chi connectivity index (χ1) is 11.3. The molecule has 1 heterocycles. The van der Waals surface area contributed by atoms with Crippen LogP contribution in [0.5, 0.6) is 0 Å². The smallest absolute Gasteiger partial charge is 0.189 e. The number of nitrogens with one attached hydrogen (secondary N) is 1. The Balaban J connectivity index is 0.00000208. The minimum atomic E-state index is 0. The molecule has 5 nitrogen and oxygen atoms in total. The van der Waals surface area contributed by atoms with E-state index in [1.807, 2.05) is 18.5 Å². The van der Waals surface area contributed by atoms with Crippen LogP contribution in [0.1, 0.15) is 30.7 Å². The van der Waals surface area contributed by atoms with E-state index >= 15 is 0 Å². The second-order valence-electron chi connectivity index (χ2n) is 6.15. The summed E-state index contributed by atoms with van der Waals surface area (Å²) in [4.78, 5) is 8.81. The number of hydrogen-bond acceptors (Lipinski definition) is 2. The molecule has 0 radical (unpaired) electrons. The van der Waals surface area contributed by atoms with E-state index in [4.69, 9.17) is 5.73 Å². The van der Waals surface area contributed by atoms with E-state index in [1.54, 1.807) is 0 Å². The van der Waals surface area contributed by atoms with Gasteiger partial charge in [-0.1, -0.05) is 36.8 Å². The average Bonchev–Trinajstić information content (AvgIpc) is 2.98. The van der Waals surface area contributed by atoms with Gasteiger partial charge >= 0.3 is 0 Å². The maximum absolute atomic E-state index is 5.93. The number of halogens is 1. The third-order valence-electron chi connectivity index (χ3n) is 4.47. The van der Waals surface area contributed by atoms with Crippen molar-refractivity contribution in [2.24, 2.45) is 16.6 Å². The summed E-state index contributed by atoms with van der Waals surface area (Å²) in [5.41, 5.74) is 7.27. The number of nitrogens with two attached hydrogens (primary N) is 1. The largest absolute Gasteiger partial charge is 0.370 e. The van der Waals surface area contributed by atoms with Crippen LogP contribution in [-0.4, -0.2) is 22.1 Å². The molecule has 1 saturated carbocycles. The van der Waals surface area contributed by atoms with Gasteiger partial charge in [0.2, 0.25) is 0 Å². The first-order valence-electron chi connectivity index (χ1n) is 8.39. The first-order valence-corrected chi connectivity index (χ1v) is 8.39. The van der Waals surface area contributed by atoms with E-state index < -0.39 is 0 Å². The van der Waals surface area contributed by atoms with Gasteiger partial charge in [0.15, 0.2) is 5.96 Å². The Morgan fingerprint density at radius 1 is 1.29 bits per heavy atom. The van der Waals surface area contributed by atoms with Crippen LogP contribution in [0.4, 0.5) is 0 Å². The zero-order valence-corrected chi connectivity index (χ0v) is 16.2. The number of guanidine groups is 1. The normalized spacial score (nSPS) is 14.8. The molecule has 0 saturated heterocycles. The van der Waals surface area contributed by atoms with Gasteiger partial charge in [0, 0.05) is 25.5 Å². The highest BCUT2D eigenvalue weighted by Crippen LogP contribution is 2.24. The summed E-state index contributed by atoms with van der Waals surface area (Å²) in [6, 6.07) is 10.5. The summed E-state index contributed by atoms with van der Waals surface area (Å²) in [6.07, 6.45) is 8.79. The molecule has 130 valence electrons. The van der Waals surface area contributed by atoms with Crippen LogP contribution in [0.3, 0.4) is 0 Å². The van der Waals surface area contributed by atoms with Crippen LogP contribution in [-0.2, 0) is 19.5 Å². The van der Waals surface area contributed by atoms with E-state index in [1.165, 1.54) is 24.8 Å². The van der Waals surface area contributed by atoms with Gasteiger partial charge in [0.1, 0.15) is 12.4 Å². The Bertz CT molecular complexity index is 634. The van der Waals surface area contributed by atoms with Crippen molar-refractivity contribution in [3.05, 3.63) is 54.1 Å². The Hall–Kier alpha value is -1.57. The van der Waals surface area contributed by atoms with Gasteiger partial charge in [-0.25, -0.2) is 9.98 Å². The molecule has 3 rings (SSSR count). The van der Waals surface area contributed by atoms with Gasteiger partial charge < -0.3 is 15.6 Å². The molecule has 6 heteroatoms. The molecule has 1 fully saturated rings. The molecule has 1 aromatic heterocycles. The van der Waals surface area contributed by atoms with Crippen molar-refractivity contribution < 1.29 is 0 Å². The second kappa shape index (κ2) is 9.66. The fraction of sp³-hybridized carbons (Fsp3) is 0.444. The van der Waals surface area contributed by atoms with Crippen LogP contribution < -0.4 is 11.1 Å². The third kappa shape index (κ3) is 5.51. The molecular formula is C18H26IN5. The van der Waals surface area contributed by atoms with Crippen molar-refractivity contribution in [2.45, 2.75) is 38.8 Å². The molecule has 0 unspecified atom stereocenters. The van der Waals surface area contributed by atoms with Crippen molar-refractivity contribution in [1.29, 1.82) is 0 Å². The van der Waals surface area contributed by atoms with Gasteiger partial charge in [-0.05, 0) is 30.7 Å². The van der Waals surface area contributed by atoms with Gasteiger partial charge in [0.05, 0.1) is 0 Å². The molecule has 3 N–H and O–H groups in total. The van der Waals surface area contributed by atoms with Gasteiger partial charge in [0.25, 0.3) is 0 Å². The Morgan fingerprint density at radius 2 is 2.08 bits per heavy atom. The molecule has 0 aliphatic heterocycles. The second-order valence-corrected chi connectivity index (χ2v) is 6.15. The molecular weight excluding hydrogens is 413 g/mol. The minimum Gasteiger partial charge on any atom is -0.370 e. The summed E-state index contributed by atoms with van der Waals surface area (Å²) in [5, 5.41) is 3.22. The third-order valence-corrected chi connectivity index (χ3v) is 4.47. The first kappa shape index (κ1) is 18.8. The maximum atomic E-state index is 5.93. The zero-order valence-electron chi connectivity index (χ0n) is 13.9. The van der Waals surface area contributed by atoms with Crippen LogP contribution in [0.2, 0.25) is 0 Å². The lowest BCUT2D eigenvalue weighted by molar-refractivity contribution is 0.315. The van der Waals surface area contributed by atoms with E-state index in [-0.39, 0.29) is 24.0 Å². The Kier molecular flexibility index (Phi) is 7.55. The van der Waals surface area contributed by atoms with Crippen LogP contribution in [0, 0.1) is 5.92 Å². The van der Waals surface area contributed by atoms with Crippen LogP contribution >= 0.6 is 24.0 Å². The minimum absolute atomic E-state index is 0. The number of aryl methyl sites for hydroxylation is 2. The molecule has 0 spiro atoms. The van der Waals surface area contributed by atoms with Crippen LogP contribution in [0.25, 0.3) is 0 Å². The van der Waals surface area contributed by atoms with Crippen molar-refractivity contribution in [3.8, 4) is 0 Å². The molecule has 0 atom stereocenters. The molecule has 0 bridgehead atoms. The number of imidazole rings is 1. The number of rotatable bonds is 7. The number of nitrogens with zero attached hydrogens (tertiary/aromatic N) is 3. The Labute approximate surface area is 160 Å². The van der Waals surface area contributed by atoms with Crippen molar-refractivity contribution in [1.82, 2.24) is 14.9 Å². The van der Waals surface area contributed by atoms with E-state index in [0.29, 0.717) is 12.5 Å². The molecule has 24 heavy (non-hydrogen) atoms. The van der Waals surface area contributed by atoms with E-state index in [9.17, 15) is 0 Å². The number of hydrogen-bond donors (Lipinski definition) is 2. The topological polar surface area (TPSA) is 68.2 Å². The summed E-state index contributed by atoms with van der Waals surface area (Å²) < 4.78 is 2.15. The van der Waals surface area contributed by atoms with E-state index in [2.05, 4.69) is 44.1 Å². The fourth-order valence-electron chi connectivity index (χ4n) is 2.75. The predicted octanol–water partition coefficient (Wildman–Crippen LogP) is 2.95. The zero-order chi connectivity index (χ0) is 15.9. The summed E-state index contributed by atoms with van der Waals surface area (Å²) in [7, 11) is 0. The highest BCUT2D eigenvalue weighted by molar-refractivity contribution is 14.0. The Morgan fingerprint density at radius 3 is 2.79 bits per heavy atom. The monoisotopic (exact) mass is 439 g/mol. The lowest BCUT2D eigenvalue weighted by Crippen LogP contribution is -2.37. The number of aromatic nitrogens is 2.